The molecule has 0 spiro atoms. The Bertz CT molecular complexity index is 281. The Morgan fingerprint density at radius 3 is 2.42 bits per heavy atom. The molecule has 0 bridgehead atoms. The Morgan fingerprint density at radius 2 is 1.84 bits per heavy atom. The van der Waals surface area contributed by atoms with E-state index in [1.165, 1.54) is 45.1 Å². The lowest BCUT2D eigenvalue weighted by atomic mass is 9.76. The van der Waals surface area contributed by atoms with Gasteiger partial charge in [-0.1, -0.05) is 27.2 Å². The van der Waals surface area contributed by atoms with Crippen molar-refractivity contribution in [2.45, 2.75) is 78.3 Å². The summed E-state index contributed by atoms with van der Waals surface area (Å²) in [5.41, 5.74) is 6.36. The topological polar surface area (TPSA) is 29.3 Å². The fraction of sp³-hybridized carbons (Fsp3) is 1.00. The maximum absolute atomic E-state index is 5.87. The lowest BCUT2D eigenvalue weighted by Gasteiger charge is -2.32. The summed E-state index contributed by atoms with van der Waals surface area (Å²) in [7, 11) is 0. The predicted octanol–water partition coefficient (Wildman–Crippen LogP) is 3.65. The first kappa shape index (κ1) is 15.3. The Labute approximate surface area is 120 Å². The van der Waals surface area contributed by atoms with Crippen LogP contribution in [0.4, 0.5) is 0 Å². The standard InChI is InChI=1S/C17H34N2/c1-13-10-14(11-18)12-19(13)16-7-5-6-15(8-9-16)17(2,3)4/h13-16H,5-12,18H2,1-4H3. The maximum atomic E-state index is 5.87. The zero-order valence-electron chi connectivity index (χ0n) is 13.5. The first-order valence-corrected chi connectivity index (χ1v) is 8.37. The average Bonchev–Trinajstić information content (AvgIpc) is 2.57. The van der Waals surface area contributed by atoms with Crippen LogP contribution in [0.3, 0.4) is 0 Å². The van der Waals surface area contributed by atoms with Crippen LogP contribution in [0.25, 0.3) is 0 Å². The molecule has 0 aromatic heterocycles. The minimum atomic E-state index is 0.491. The molecule has 0 aromatic carbocycles. The normalized spacial score (nSPS) is 38.4. The summed E-state index contributed by atoms with van der Waals surface area (Å²) in [6, 6.07) is 1.59. The van der Waals surface area contributed by atoms with Gasteiger partial charge in [0, 0.05) is 18.6 Å². The van der Waals surface area contributed by atoms with Gasteiger partial charge in [0.15, 0.2) is 0 Å². The molecule has 1 saturated carbocycles. The highest BCUT2D eigenvalue weighted by atomic mass is 15.2. The van der Waals surface area contributed by atoms with Crippen LogP contribution in [-0.2, 0) is 0 Å². The highest BCUT2D eigenvalue weighted by Gasteiger charge is 2.35. The van der Waals surface area contributed by atoms with Crippen LogP contribution in [0.15, 0.2) is 0 Å². The third kappa shape index (κ3) is 3.72. The third-order valence-corrected chi connectivity index (χ3v) is 5.67. The molecule has 0 radical (unpaired) electrons. The molecule has 2 heteroatoms. The van der Waals surface area contributed by atoms with Gasteiger partial charge >= 0.3 is 0 Å². The van der Waals surface area contributed by atoms with Crippen LogP contribution in [0.2, 0.25) is 0 Å². The molecule has 1 aliphatic heterocycles. The molecule has 4 atom stereocenters. The molecule has 1 saturated heterocycles. The summed E-state index contributed by atoms with van der Waals surface area (Å²) in [6.45, 7) is 11.8. The van der Waals surface area contributed by atoms with Gasteiger partial charge in [-0.05, 0) is 62.8 Å². The molecule has 2 rings (SSSR count). The van der Waals surface area contributed by atoms with Crippen molar-refractivity contribution in [2.75, 3.05) is 13.1 Å². The first-order valence-electron chi connectivity index (χ1n) is 8.37. The lowest BCUT2D eigenvalue weighted by molar-refractivity contribution is 0.161. The second-order valence-electron chi connectivity index (χ2n) is 8.11. The van der Waals surface area contributed by atoms with Gasteiger partial charge in [0.1, 0.15) is 0 Å². The molecule has 0 amide bonds. The molecule has 2 N–H and O–H groups in total. The predicted molar refractivity (Wildman–Crippen MR) is 83.1 cm³/mol. The molecular weight excluding hydrogens is 232 g/mol. The van der Waals surface area contributed by atoms with Crippen LogP contribution in [0.5, 0.6) is 0 Å². The van der Waals surface area contributed by atoms with Gasteiger partial charge in [0.2, 0.25) is 0 Å². The third-order valence-electron chi connectivity index (χ3n) is 5.67. The molecular formula is C17H34N2. The van der Waals surface area contributed by atoms with Gasteiger partial charge in [0.05, 0.1) is 0 Å². The summed E-state index contributed by atoms with van der Waals surface area (Å²) in [4.78, 5) is 2.78. The van der Waals surface area contributed by atoms with Crippen LogP contribution < -0.4 is 5.73 Å². The highest BCUT2D eigenvalue weighted by molar-refractivity contribution is 4.90. The van der Waals surface area contributed by atoms with E-state index in [4.69, 9.17) is 5.73 Å². The fourth-order valence-corrected chi connectivity index (χ4v) is 4.33. The summed E-state index contributed by atoms with van der Waals surface area (Å²) < 4.78 is 0. The van der Waals surface area contributed by atoms with Gasteiger partial charge < -0.3 is 5.73 Å². The van der Waals surface area contributed by atoms with Gasteiger partial charge in [-0.2, -0.15) is 0 Å². The smallest absolute Gasteiger partial charge is 0.00983 e. The first-order chi connectivity index (χ1) is 8.91. The minimum Gasteiger partial charge on any atom is -0.330 e. The van der Waals surface area contributed by atoms with Crippen LogP contribution in [0, 0.1) is 17.3 Å². The van der Waals surface area contributed by atoms with Crippen LogP contribution in [0.1, 0.15) is 66.2 Å². The van der Waals surface area contributed by atoms with E-state index in [2.05, 4.69) is 32.6 Å². The Kier molecular flexibility index (Phi) is 4.94. The highest BCUT2D eigenvalue weighted by Crippen LogP contribution is 2.39. The quantitative estimate of drug-likeness (QED) is 0.773. The van der Waals surface area contributed by atoms with E-state index >= 15 is 0 Å². The lowest BCUT2D eigenvalue weighted by Crippen LogP contribution is -2.38. The monoisotopic (exact) mass is 266 g/mol. The van der Waals surface area contributed by atoms with Gasteiger partial charge in [0.25, 0.3) is 0 Å². The Hall–Kier alpha value is -0.0800. The number of hydrogen-bond donors (Lipinski definition) is 1. The molecule has 2 nitrogen and oxygen atoms in total. The minimum absolute atomic E-state index is 0.491. The van der Waals surface area contributed by atoms with Gasteiger partial charge in [-0.3, -0.25) is 4.90 Å². The molecule has 1 aliphatic carbocycles. The number of likely N-dealkylation sites (tertiary alicyclic amines) is 1. The summed E-state index contributed by atoms with van der Waals surface area (Å²) in [5, 5.41) is 0. The molecule has 4 unspecified atom stereocenters. The molecule has 2 fully saturated rings. The Balaban J connectivity index is 1.92. The van der Waals surface area contributed by atoms with E-state index in [1.807, 2.05) is 0 Å². The summed E-state index contributed by atoms with van der Waals surface area (Å²) in [5.74, 6) is 1.66. The van der Waals surface area contributed by atoms with E-state index in [0.29, 0.717) is 5.41 Å². The Morgan fingerprint density at radius 1 is 1.11 bits per heavy atom. The van der Waals surface area contributed by atoms with Crippen molar-refractivity contribution in [3.63, 3.8) is 0 Å². The second-order valence-corrected chi connectivity index (χ2v) is 8.11. The van der Waals surface area contributed by atoms with E-state index < -0.39 is 0 Å². The summed E-state index contributed by atoms with van der Waals surface area (Å²) in [6.07, 6.45) is 8.41. The second kappa shape index (κ2) is 6.13. The van der Waals surface area contributed by atoms with Crippen LogP contribution >= 0.6 is 0 Å². The van der Waals surface area contributed by atoms with E-state index in [-0.39, 0.29) is 0 Å². The summed E-state index contributed by atoms with van der Waals surface area (Å²) >= 11 is 0. The molecule has 0 aromatic rings. The number of nitrogens with two attached hydrogens (primary N) is 1. The van der Waals surface area contributed by atoms with Crippen molar-refractivity contribution in [1.29, 1.82) is 0 Å². The number of nitrogens with zero attached hydrogens (tertiary/aromatic N) is 1. The van der Waals surface area contributed by atoms with Crippen molar-refractivity contribution in [3.8, 4) is 0 Å². The fourth-order valence-electron chi connectivity index (χ4n) is 4.33. The average molecular weight is 266 g/mol. The molecule has 19 heavy (non-hydrogen) atoms. The van der Waals surface area contributed by atoms with Crippen molar-refractivity contribution in [1.82, 2.24) is 4.90 Å². The van der Waals surface area contributed by atoms with E-state index in [0.717, 1.165) is 30.5 Å². The number of hydrogen-bond acceptors (Lipinski definition) is 2. The van der Waals surface area contributed by atoms with Crippen molar-refractivity contribution < 1.29 is 0 Å². The molecule has 112 valence electrons. The zero-order chi connectivity index (χ0) is 14.0. The van der Waals surface area contributed by atoms with Gasteiger partial charge in [-0.15, -0.1) is 0 Å². The van der Waals surface area contributed by atoms with E-state index in [1.54, 1.807) is 0 Å². The van der Waals surface area contributed by atoms with Crippen LogP contribution in [-0.4, -0.2) is 30.1 Å². The van der Waals surface area contributed by atoms with Gasteiger partial charge in [-0.25, -0.2) is 0 Å². The van der Waals surface area contributed by atoms with Crippen molar-refractivity contribution in [3.05, 3.63) is 0 Å². The largest absolute Gasteiger partial charge is 0.330 e. The zero-order valence-corrected chi connectivity index (χ0v) is 13.5. The SMILES string of the molecule is CC1CC(CN)CN1C1CCCC(C(C)(C)C)CC1. The van der Waals surface area contributed by atoms with Crippen molar-refractivity contribution in [2.24, 2.45) is 23.0 Å². The number of rotatable bonds is 2. The maximum Gasteiger partial charge on any atom is 0.00983 e. The molecule has 1 heterocycles. The van der Waals surface area contributed by atoms with Crippen molar-refractivity contribution >= 4 is 0 Å². The van der Waals surface area contributed by atoms with E-state index in [9.17, 15) is 0 Å². The molecule has 2 aliphatic rings.